The number of carbonyl (C=O) groups is 2. The van der Waals surface area contributed by atoms with Crippen LogP contribution in [0.1, 0.15) is 35.7 Å². The van der Waals surface area contributed by atoms with Gasteiger partial charge in [-0.1, -0.05) is 12.1 Å². The summed E-state index contributed by atoms with van der Waals surface area (Å²) < 4.78 is 10.7. The van der Waals surface area contributed by atoms with E-state index < -0.39 is 0 Å². The van der Waals surface area contributed by atoms with E-state index in [-0.39, 0.29) is 24.5 Å². The molecule has 152 valence electrons. The third-order valence-corrected chi connectivity index (χ3v) is 5.65. The van der Waals surface area contributed by atoms with Gasteiger partial charge in [-0.25, -0.2) is 0 Å². The number of hydrogen-bond donors (Lipinski definition) is 0. The lowest BCUT2D eigenvalue weighted by Crippen LogP contribution is -2.44. The average Bonchev–Trinajstić information content (AvgIpc) is 3.22. The minimum atomic E-state index is -0.0590. The fourth-order valence-electron chi connectivity index (χ4n) is 4.02. The normalized spacial score (nSPS) is 16.0. The van der Waals surface area contributed by atoms with E-state index >= 15 is 0 Å². The first-order valence-corrected chi connectivity index (χ1v) is 10.1. The topological polar surface area (TPSA) is 59.1 Å². The van der Waals surface area contributed by atoms with Crippen LogP contribution in [0.25, 0.3) is 0 Å². The van der Waals surface area contributed by atoms with Gasteiger partial charge in [0.1, 0.15) is 0 Å². The standard InChI is InChI=1S/C23H26N2O4/c1-3-25(19-6-4-5-16(2)13-19)23(27)17-9-11-24(12-10-17)22(26)18-7-8-20-21(14-18)29-15-28-20/h4-8,13-14,17H,3,9-12,15H2,1-2H3. The summed E-state index contributed by atoms with van der Waals surface area (Å²) in [6, 6.07) is 13.3. The van der Waals surface area contributed by atoms with Crippen molar-refractivity contribution in [1.82, 2.24) is 4.90 Å². The van der Waals surface area contributed by atoms with Gasteiger partial charge in [-0.3, -0.25) is 9.59 Å². The molecule has 29 heavy (non-hydrogen) atoms. The third-order valence-electron chi connectivity index (χ3n) is 5.65. The number of benzene rings is 2. The monoisotopic (exact) mass is 394 g/mol. The van der Waals surface area contributed by atoms with Gasteiger partial charge in [0.25, 0.3) is 5.91 Å². The highest BCUT2D eigenvalue weighted by Crippen LogP contribution is 2.33. The van der Waals surface area contributed by atoms with Crippen molar-refractivity contribution < 1.29 is 19.1 Å². The van der Waals surface area contributed by atoms with E-state index in [9.17, 15) is 9.59 Å². The molecule has 6 heteroatoms. The fraction of sp³-hybridized carbons (Fsp3) is 0.391. The largest absolute Gasteiger partial charge is 0.454 e. The molecule has 0 bridgehead atoms. The Bertz CT molecular complexity index is 919. The molecule has 2 aromatic rings. The van der Waals surface area contributed by atoms with Crippen molar-refractivity contribution in [2.45, 2.75) is 26.7 Å². The molecular formula is C23H26N2O4. The zero-order chi connectivity index (χ0) is 20.4. The number of amides is 2. The number of fused-ring (bicyclic) bond motifs is 1. The maximum atomic E-state index is 13.1. The molecule has 2 aliphatic rings. The van der Waals surface area contributed by atoms with Crippen LogP contribution < -0.4 is 14.4 Å². The maximum Gasteiger partial charge on any atom is 0.253 e. The summed E-state index contributed by atoms with van der Waals surface area (Å²) in [6.07, 6.45) is 1.36. The molecule has 2 aliphatic heterocycles. The molecule has 0 atom stereocenters. The fourth-order valence-corrected chi connectivity index (χ4v) is 4.02. The molecule has 0 aromatic heterocycles. The van der Waals surface area contributed by atoms with Gasteiger partial charge >= 0.3 is 0 Å². The second-order valence-electron chi connectivity index (χ2n) is 7.56. The Hall–Kier alpha value is -3.02. The highest BCUT2D eigenvalue weighted by atomic mass is 16.7. The van der Waals surface area contributed by atoms with Gasteiger partial charge in [0, 0.05) is 36.8 Å². The van der Waals surface area contributed by atoms with Crippen LogP contribution >= 0.6 is 0 Å². The molecule has 0 aliphatic carbocycles. The Morgan fingerprint density at radius 2 is 1.83 bits per heavy atom. The number of likely N-dealkylation sites (tertiary alicyclic amines) is 1. The zero-order valence-electron chi connectivity index (χ0n) is 16.9. The summed E-state index contributed by atoms with van der Waals surface area (Å²) in [5, 5.41) is 0. The molecule has 2 heterocycles. The van der Waals surface area contributed by atoms with E-state index in [0.717, 1.165) is 11.3 Å². The van der Waals surface area contributed by atoms with Crippen molar-refractivity contribution in [3.05, 3.63) is 53.6 Å². The minimum absolute atomic E-state index is 0.0276. The molecule has 0 N–H and O–H groups in total. The molecule has 6 nitrogen and oxygen atoms in total. The minimum Gasteiger partial charge on any atom is -0.454 e. The van der Waals surface area contributed by atoms with Gasteiger partial charge < -0.3 is 19.3 Å². The summed E-state index contributed by atoms with van der Waals surface area (Å²) in [7, 11) is 0. The van der Waals surface area contributed by atoms with Gasteiger partial charge in [-0.05, 0) is 62.6 Å². The predicted octanol–water partition coefficient (Wildman–Crippen LogP) is 3.63. The summed E-state index contributed by atoms with van der Waals surface area (Å²) >= 11 is 0. The highest BCUT2D eigenvalue weighted by Gasteiger charge is 2.31. The third kappa shape index (κ3) is 3.92. The zero-order valence-corrected chi connectivity index (χ0v) is 16.9. The van der Waals surface area contributed by atoms with Gasteiger partial charge in [0.05, 0.1) is 0 Å². The number of carbonyl (C=O) groups excluding carboxylic acids is 2. The summed E-state index contributed by atoms with van der Waals surface area (Å²) in [5.41, 5.74) is 2.67. The molecule has 1 saturated heterocycles. The summed E-state index contributed by atoms with van der Waals surface area (Å²) in [6.45, 7) is 6.01. The van der Waals surface area contributed by atoms with Crippen molar-refractivity contribution in [2.75, 3.05) is 31.3 Å². The number of hydrogen-bond acceptors (Lipinski definition) is 4. The molecular weight excluding hydrogens is 368 g/mol. The van der Waals surface area contributed by atoms with Crippen molar-refractivity contribution in [3.8, 4) is 11.5 Å². The molecule has 1 fully saturated rings. The number of piperidine rings is 1. The Morgan fingerprint density at radius 3 is 2.55 bits per heavy atom. The van der Waals surface area contributed by atoms with E-state index in [4.69, 9.17) is 9.47 Å². The Kier molecular flexibility index (Phi) is 5.43. The second kappa shape index (κ2) is 8.15. The predicted molar refractivity (Wildman–Crippen MR) is 110 cm³/mol. The van der Waals surface area contributed by atoms with Crippen molar-refractivity contribution in [1.29, 1.82) is 0 Å². The van der Waals surface area contributed by atoms with Crippen LogP contribution in [0.2, 0.25) is 0 Å². The lowest BCUT2D eigenvalue weighted by Gasteiger charge is -2.34. The number of rotatable bonds is 4. The van der Waals surface area contributed by atoms with Gasteiger partial charge in [-0.15, -0.1) is 0 Å². The Morgan fingerprint density at radius 1 is 1.07 bits per heavy atom. The van der Waals surface area contributed by atoms with Crippen molar-refractivity contribution >= 4 is 17.5 Å². The van der Waals surface area contributed by atoms with E-state index in [1.807, 2.05) is 47.9 Å². The number of nitrogens with zero attached hydrogens (tertiary/aromatic N) is 2. The van der Waals surface area contributed by atoms with E-state index in [2.05, 4.69) is 0 Å². The van der Waals surface area contributed by atoms with Gasteiger partial charge in [0.15, 0.2) is 11.5 Å². The number of aryl methyl sites for hydroxylation is 1. The van der Waals surface area contributed by atoms with E-state index in [1.54, 1.807) is 18.2 Å². The molecule has 2 amide bonds. The molecule has 0 spiro atoms. The van der Waals surface area contributed by atoms with Gasteiger partial charge in [0.2, 0.25) is 12.7 Å². The second-order valence-corrected chi connectivity index (χ2v) is 7.56. The lowest BCUT2D eigenvalue weighted by molar-refractivity contribution is -0.123. The van der Waals surface area contributed by atoms with Crippen LogP contribution in [-0.4, -0.2) is 43.1 Å². The number of anilines is 1. The smallest absolute Gasteiger partial charge is 0.253 e. The van der Waals surface area contributed by atoms with Crippen LogP contribution in [0.3, 0.4) is 0 Å². The SMILES string of the molecule is CCN(C(=O)C1CCN(C(=O)c2ccc3c(c2)OCO3)CC1)c1cccc(C)c1. The molecule has 0 unspecified atom stereocenters. The Balaban J connectivity index is 1.39. The van der Waals surface area contributed by atoms with Crippen LogP contribution in [0, 0.1) is 12.8 Å². The summed E-state index contributed by atoms with van der Waals surface area (Å²) in [4.78, 5) is 29.6. The van der Waals surface area contributed by atoms with Crippen LogP contribution in [-0.2, 0) is 4.79 Å². The highest BCUT2D eigenvalue weighted by molar-refractivity contribution is 5.97. The lowest BCUT2D eigenvalue weighted by atomic mass is 9.94. The van der Waals surface area contributed by atoms with Crippen LogP contribution in [0.15, 0.2) is 42.5 Å². The molecule has 2 aromatic carbocycles. The first-order valence-electron chi connectivity index (χ1n) is 10.1. The average molecular weight is 394 g/mol. The first kappa shape index (κ1) is 19.3. The van der Waals surface area contributed by atoms with Gasteiger partial charge in [-0.2, -0.15) is 0 Å². The van der Waals surface area contributed by atoms with E-state index in [1.165, 1.54) is 0 Å². The van der Waals surface area contributed by atoms with E-state index in [0.29, 0.717) is 49.5 Å². The summed E-state index contributed by atoms with van der Waals surface area (Å²) in [5.74, 6) is 1.34. The Labute approximate surface area is 171 Å². The van der Waals surface area contributed by atoms with Crippen LogP contribution in [0.5, 0.6) is 11.5 Å². The number of ether oxygens (including phenoxy) is 2. The first-order chi connectivity index (χ1) is 14.1. The maximum absolute atomic E-state index is 13.1. The molecule has 0 radical (unpaired) electrons. The van der Waals surface area contributed by atoms with Crippen LogP contribution in [0.4, 0.5) is 5.69 Å². The van der Waals surface area contributed by atoms with Crippen molar-refractivity contribution in [2.24, 2.45) is 5.92 Å². The quantitative estimate of drug-likeness (QED) is 0.795. The molecule has 4 rings (SSSR count). The molecule has 0 saturated carbocycles. The van der Waals surface area contributed by atoms with Crippen molar-refractivity contribution in [3.63, 3.8) is 0 Å².